The van der Waals surface area contributed by atoms with E-state index in [4.69, 9.17) is 0 Å². The number of carbonyl (C=O) groups is 1. The lowest BCUT2D eigenvalue weighted by molar-refractivity contribution is -0.129. The highest BCUT2D eigenvalue weighted by atomic mass is 16.2. The number of para-hydroxylation sites is 2. The smallest absolute Gasteiger partial charge is 0.251 e. The van der Waals surface area contributed by atoms with Crippen LogP contribution >= 0.6 is 0 Å². The van der Waals surface area contributed by atoms with Crippen LogP contribution in [0.3, 0.4) is 0 Å². The topological polar surface area (TPSA) is 41.1 Å². The van der Waals surface area contributed by atoms with Gasteiger partial charge in [0.1, 0.15) is 5.54 Å². The van der Waals surface area contributed by atoms with Crippen LogP contribution in [0.15, 0.2) is 24.3 Å². The van der Waals surface area contributed by atoms with E-state index in [-0.39, 0.29) is 16.7 Å². The lowest BCUT2D eigenvalue weighted by Crippen LogP contribution is -2.67. The van der Waals surface area contributed by atoms with Gasteiger partial charge in [0, 0.05) is 0 Å². The Kier molecular flexibility index (Phi) is 2.92. The monoisotopic (exact) mass is 260 g/mol. The first-order valence-corrected chi connectivity index (χ1v) is 6.78. The lowest BCUT2D eigenvalue weighted by atomic mass is 9.58. The summed E-state index contributed by atoms with van der Waals surface area (Å²) in [5.74, 6) is 0.0474. The van der Waals surface area contributed by atoms with Gasteiger partial charge in [-0.15, -0.1) is 0 Å². The number of carbonyl (C=O) groups excluding carboxylic acids is 1. The van der Waals surface area contributed by atoms with Gasteiger partial charge < -0.3 is 10.6 Å². The summed E-state index contributed by atoms with van der Waals surface area (Å²) < 4.78 is 0. The summed E-state index contributed by atoms with van der Waals surface area (Å²) in [6.45, 7) is 12.7. The summed E-state index contributed by atoms with van der Waals surface area (Å²) in [5, 5.41) is 6.59. The Balaban J connectivity index is 2.62. The molecule has 1 heterocycles. The fraction of sp³-hybridized carbons (Fsp3) is 0.562. The highest BCUT2D eigenvalue weighted by Gasteiger charge is 2.58. The minimum absolute atomic E-state index is 0.0474. The van der Waals surface area contributed by atoms with Crippen LogP contribution in [0.2, 0.25) is 0 Å². The summed E-state index contributed by atoms with van der Waals surface area (Å²) in [6.07, 6.45) is 0. The van der Waals surface area contributed by atoms with Crippen LogP contribution in [-0.2, 0) is 4.79 Å². The summed E-state index contributed by atoms with van der Waals surface area (Å²) in [7, 11) is 0. The number of anilines is 2. The molecular weight excluding hydrogens is 236 g/mol. The quantitative estimate of drug-likeness (QED) is 0.743. The molecule has 0 atom stereocenters. The third kappa shape index (κ3) is 1.92. The molecule has 1 aromatic rings. The van der Waals surface area contributed by atoms with Crippen LogP contribution in [0.4, 0.5) is 11.4 Å². The maximum atomic E-state index is 12.8. The molecule has 2 N–H and O–H groups in total. The second-order valence-corrected chi connectivity index (χ2v) is 7.37. The van der Waals surface area contributed by atoms with Crippen LogP contribution < -0.4 is 10.6 Å². The molecule has 0 aromatic heterocycles. The number of rotatable bonds is 0. The normalized spacial score (nSPS) is 18.3. The summed E-state index contributed by atoms with van der Waals surface area (Å²) in [6, 6.07) is 7.86. The largest absolute Gasteiger partial charge is 0.369 e. The predicted molar refractivity (Wildman–Crippen MR) is 80.3 cm³/mol. The van der Waals surface area contributed by atoms with Crippen LogP contribution in [0.25, 0.3) is 0 Å². The molecule has 104 valence electrons. The fourth-order valence-electron chi connectivity index (χ4n) is 3.36. The van der Waals surface area contributed by atoms with Crippen LogP contribution in [0, 0.1) is 10.8 Å². The van der Waals surface area contributed by atoms with E-state index in [1.165, 1.54) is 0 Å². The van der Waals surface area contributed by atoms with Crippen molar-refractivity contribution in [1.82, 2.24) is 0 Å². The van der Waals surface area contributed by atoms with Gasteiger partial charge in [-0.1, -0.05) is 53.7 Å². The maximum absolute atomic E-state index is 12.8. The molecule has 1 aromatic carbocycles. The highest BCUT2D eigenvalue weighted by molar-refractivity contribution is 6.07. The van der Waals surface area contributed by atoms with Crippen molar-refractivity contribution in [3.05, 3.63) is 24.3 Å². The van der Waals surface area contributed by atoms with Gasteiger partial charge in [-0.2, -0.15) is 0 Å². The predicted octanol–water partition coefficient (Wildman–Crippen LogP) is 3.88. The van der Waals surface area contributed by atoms with Crippen molar-refractivity contribution in [2.45, 2.75) is 47.1 Å². The van der Waals surface area contributed by atoms with Crippen molar-refractivity contribution >= 4 is 17.3 Å². The molecule has 0 bridgehead atoms. The highest BCUT2D eigenvalue weighted by Crippen LogP contribution is 2.49. The molecule has 0 fully saturated rings. The summed E-state index contributed by atoms with van der Waals surface area (Å²) in [5.41, 5.74) is 0.795. The van der Waals surface area contributed by atoms with E-state index in [2.05, 4.69) is 52.2 Å². The standard InChI is InChI=1S/C16H24N2O/c1-14(2,3)16(15(4,5)6)13(19)17-11-9-7-8-10-12(11)18-16/h7-10,18H,1-6H3,(H,17,19). The zero-order valence-electron chi connectivity index (χ0n) is 12.7. The van der Waals surface area contributed by atoms with E-state index in [9.17, 15) is 4.79 Å². The average molecular weight is 260 g/mol. The first-order chi connectivity index (χ1) is 8.59. The van der Waals surface area contributed by atoms with Crippen LogP contribution in [0.5, 0.6) is 0 Å². The van der Waals surface area contributed by atoms with Gasteiger partial charge >= 0.3 is 0 Å². The molecule has 2 rings (SSSR count). The molecule has 0 radical (unpaired) electrons. The molecule has 0 unspecified atom stereocenters. The number of benzene rings is 1. The molecular formula is C16H24N2O. The van der Waals surface area contributed by atoms with Crippen molar-refractivity contribution in [2.24, 2.45) is 10.8 Å². The Morgan fingerprint density at radius 3 is 1.84 bits per heavy atom. The molecule has 1 amide bonds. The molecule has 1 aliphatic heterocycles. The maximum Gasteiger partial charge on any atom is 0.251 e. The molecule has 0 saturated carbocycles. The second kappa shape index (κ2) is 3.99. The van der Waals surface area contributed by atoms with Crippen molar-refractivity contribution in [1.29, 1.82) is 0 Å². The number of hydrogen-bond acceptors (Lipinski definition) is 2. The van der Waals surface area contributed by atoms with Gasteiger partial charge in [0.25, 0.3) is 5.91 Å². The van der Waals surface area contributed by atoms with E-state index in [1.54, 1.807) is 0 Å². The molecule has 1 aliphatic rings. The first kappa shape index (κ1) is 13.9. The lowest BCUT2D eigenvalue weighted by Gasteiger charge is -2.54. The second-order valence-electron chi connectivity index (χ2n) is 7.37. The van der Waals surface area contributed by atoms with Crippen molar-refractivity contribution < 1.29 is 4.79 Å². The molecule has 3 heteroatoms. The van der Waals surface area contributed by atoms with E-state index in [1.807, 2.05) is 24.3 Å². The van der Waals surface area contributed by atoms with Crippen LogP contribution in [0.1, 0.15) is 41.5 Å². The van der Waals surface area contributed by atoms with Crippen molar-refractivity contribution in [3.8, 4) is 0 Å². The first-order valence-electron chi connectivity index (χ1n) is 6.78. The van der Waals surface area contributed by atoms with Gasteiger partial charge in [0.2, 0.25) is 0 Å². The third-order valence-corrected chi connectivity index (χ3v) is 4.09. The Bertz CT molecular complexity index is 492. The van der Waals surface area contributed by atoms with Gasteiger partial charge in [-0.05, 0) is 23.0 Å². The van der Waals surface area contributed by atoms with Crippen molar-refractivity contribution in [2.75, 3.05) is 10.6 Å². The molecule has 0 saturated heterocycles. The van der Waals surface area contributed by atoms with Gasteiger partial charge in [-0.3, -0.25) is 4.79 Å². The minimum Gasteiger partial charge on any atom is -0.369 e. The Labute approximate surface area is 115 Å². The molecule has 0 aliphatic carbocycles. The van der Waals surface area contributed by atoms with E-state index in [0.717, 1.165) is 11.4 Å². The average Bonchev–Trinajstić information content (AvgIpc) is 2.24. The molecule has 0 spiro atoms. The number of hydrogen-bond donors (Lipinski definition) is 2. The van der Waals surface area contributed by atoms with Crippen molar-refractivity contribution in [3.63, 3.8) is 0 Å². The zero-order chi connectivity index (χ0) is 14.5. The Morgan fingerprint density at radius 1 is 0.895 bits per heavy atom. The summed E-state index contributed by atoms with van der Waals surface area (Å²) in [4.78, 5) is 12.8. The Hall–Kier alpha value is -1.51. The summed E-state index contributed by atoms with van der Waals surface area (Å²) >= 11 is 0. The van der Waals surface area contributed by atoms with Gasteiger partial charge in [-0.25, -0.2) is 0 Å². The van der Waals surface area contributed by atoms with E-state index >= 15 is 0 Å². The Morgan fingerprint density at radius 2 is 1.37 bits per heavy atom. The fourth-order valence-corrected chi connectivity index (χ4v) is 3.36. The van der Waals surface area contributed by atoms with Crippen LogP contribution in [-0.4, -0.2) is 11.4 Å². The number of nitrogens with one attached hydrogen (secondary N) is 2. The molecule has 19 heavy (non-hydrogen) atoms. The van der Waals surface area contributed by atoms with E-state index < -0.39 is 5.54 Å². The SMILES string of the molecule is CC(C)(C)C1(C(C)(C)C)Nc2ccccc2NC1=O. The van der Waals surface area contributed by atoms with Gasteiger partial charge in [0.15, 0.2) is 0 Å². The third-order valence-electron chi connectivity index (χ3n) is 4.09. The number of amides is 1. The molecule has 3 nitrogen and oxygen atoms in total. The minimum atomic E-state index is -0.644. The van der Waals surface area contributed by atoms with E-state index in [0.29, 0.717) is 0 Å². The number of fused-ring (bicyclic) bond motifs is 1. The van der Waals surface area contributed by atoms with Gasteiger partial charge in [0.05, 0.1) is 11.4 Å². The zero-order valence-corrected chi connectivity index (χ0v) is 12.7.